The van der Waals surface area contributed by atoms with Crippen LogP contribution in [0.25, 0.3) is 11.3 Å². The van der Waals surface area contributed by atoms with Gasteiger partial charge >= 0.3 is 0 Å². The second-order valence-electron chi connectivity index (χ2n) is 9.74. The number of anilines is 2. The van der Waals surface area contributed by atoms with Crippen LogP contribution in [-0.2, 0) is 25.0 Å². The number of hydrogen-bond acceptors (Lipinski definition) is 10. The highest BCUT2D eigenvalue weighted by Crippen LogP contribution is 2.35. The van der Waals surface area contributed by atoms with Crippen LogP contribution in [0.5, 0.6) is 5.88 Å². The number of sulfonamides is 1. The van der Waals surface area contributed by atoms with Gasteiger partial charge in [-0.1, -0.05) is 0 Å². The normalized spacial score (nSPS) is 15.5. The molecule has 12 nitrogen and oxygen atoms in total. The second-order valence-corrected chi connectivity index (χ2v) is 12.2. The van der Waals surface area contributed by atoms with Crippen LogP contribution in [0.1, 0.15) is 46.2 Å². The first-order valence-corrected chi connectivity index (χ1v) is 13.7. The molecule has 0 aliphatic carbocycles. The molecule has 1 saturated heterocycles. The maximum Gasteiger partial charge on any atom is 0.239 e. The van der Waals surface area contributed by atoms with Crippen LogP contribution in [0.3, 0.4) is 0 Å². The average Bonchev–Trinajstić information content (AvgIpc) is 2.89. The van der Waals surface area contributed by atoms with Crippen molar-refractivity contribution >= 4 is 27.7 Å². The molecule has 0 radical (unpaired) electrons. The van der Waals surface area contributed by atoms with Gasteiger partial charge in [0.25, 0.3) is 0 Å². The molecule has 0 saturated carbocycles. The summed E-state index contributed by atoms with van der Waals surface area (Å²) in [5.74, 6) is 0.357. The summed E-state index contributed by atoms with van der Waals surface area (Å²) in [5.41, 5.74) is 0.651. The lowest BCUT2D eigenvalue weighted by molar-refractivity contribution is -0.125. The smallest absolute Gasteiger partial charge is 0.239 e. The van der Waals surface area contributed by atoms with Gasteiger partial charge < -0.3 is 14.8 Å². The maximum absolute atomic E-state index is 13.7. The highest BCUT2D eigenvalue weighted by molar-refractivity contribution is 7.94. The van der Waals surface area contributed by atoms with E-state index in [1.807, 2.05) is 6.92 Å². The number of amides is 1. The lowest BCUT2D eigenvalue weighted by atomic mass is 9.76. The van der Waals surface area contributed by atoms with E-state index >= 15 is 0 Å². The summed E-state index contributed by atoms with van der Waals surface area (Å²) in [6.07, 6.45) is 6.90. The molecule has 38 heavy (non-hydrogen) atoms. The molecule has 0 atom stereocenters. The van der Waals surface area contributed by atoms with Crippen molar-refractivity contribution in [2.45, 2.75) is 50.7 Å². The Hall–Kier alpha value is -3.71. The van der Waals surface area contributed by atoms with Crippen molar-refractivity contribution in [3.8, 4) is 17.1 Å². The predicted octanol–water partition coefficient (Wildman–Crippen LogP) is 2.95. The van der Waals surface area contributed by atoms with Gasteiger partial charge in [-0.05, 0) is 58.7 Å². The quantitative estimate of drug-likeness (QED) is 0.434. The number of hydrogen-bond donors (Lipinski definition) is 2. The Morgan fingerprint density at radius 1 is 1.08 bits per heavy atom. The molecule has 13 heteroatoms. The lowest BCUT2D eigenvalue weighted by Gasteiger charge is -2.35. The number of carbonyl (C=O) groups is 1. The molecule has 1 amide bonds. The van der Waals surface area contributed by atoms with E-state index in [2.05, 4.69) is 35.0 Å². The lowest BCUT2D eigenvalue weighted by Crippen LogP contribution is -2.45. The fraction of sp³-hybridized carbons (Fsp3) is 0.440. The van der Waals surface area contributed by atoms with Gasteiger partial charge in [-0.15, -0.1) is 0 Å². The zero-order valence-electron chi connectivity index (χ0n) is 21.8. The summed E-state index contributed by atoms with van der Waals surface area (Å²) < 4.78 is 37.6. The molecule has 3 aromatic heterocycles. The Balaban J connectivity index is 1.57. The Labute approximate surface area is 221 Å². The predicted molar refractivity (Wildman–Crippen MR) is 141 cm³/mol. The van der Waals surface area contributed by atoms with Crippen LogP contribution < -0.4 is 14.8 Å². The minimum absolute atomic E-state index is 0.0889. The van der Waals surface area contributed by atoms with Crippen molar-refractivity contribution in [1.29, 1.82) is 0 Å². The third kappa shape index (κ3) is 5.89. The molecule has 0 spiro atoms. The van der Waals surface area contributed by atoms with E-state index in [4.69, 9.17) is 9.47 Å². The molecule has 2 N–H and O–H groups in total. The summed E-state index contributed by atoms with van der Waals surface area (Å²) in [7, 11) is -3.75. The number of nitrogens with zero attached hydrogens (tertiary/aromatic N) is 5. The number of pyridine rings is 1. The first-order chi connectivity index (χ1) is 18.0. The molecular weight excluding hydrogens is 510 g/mol. The van der Waals surface area contributed by atoms with E-state index in [1.54, 1.807) is 51.4 Å². The summed E-state index contributed by atoms with van der Waals surface area (Å²) >= 11 is 0. The second kappa shape index (κ2) is 11.0. The summed E-state index contributed by atoms with van der Waals surface area (Å²) in [5, 5.41) is 2.89. The first-order valence-electron chi connectivity index (χ1n) is 12.2. The molecule has 0 bridgehead atoms. The van der Waals surface area contributed by atoms with Gasteiger partial charge in [-0.3, -0.25) is 14.5 Å². The van der Waals surface area contributed by atoms with E-state index in [1.165, 1.54) is 12.4 Å². The van der Waals surface area contributed by atoms with Gasteiger partial charge in [0.2, 0.25) is 27.8 Å². The van der Waals surface area contributed by atoms with E-state index in [-0.39, 0.29) is 11.9 Å². The Morgan fingerprint density at radius 2 is 1.84 bits per heavy atom. The molecule has 0 aromatic carbocycles. The third-order valence-electron chi connectivity index (χ3n) is 6.16. The molecule has 1 fully saturated rings. The van der Waals surface area contributed by atoms with Gasteiger partial charge in [-0.2, -0.15) is 0 Å². The van der Waals surface area contributed by atoms with E-state index in [9.17, 15) is 13.2 Å². The molecule has 4 heterocycles. The van der Waals surface area contributed by atoms with Crippen molar-refractivity contribution < 1.29 is 22.7 Å². The minimum atomic E-state index is -3.75. The summed E-state index contributed by atoms with van der Waals surface area (Å²) in [4.78, 5) is 35.1. The van der Waals surface area contributed by atoms with Crippen molar-refractivity contribution in [1.82, 2.24) is 24.9 Å². The van der Waals surface area contributed by atoms with Crippen molar-refractivity contribution in [3.05, 3.63) is 48.7 Å². The van der Waals surface area contributed by atoms with Gasteiger partial charge in [0, 0.05) is 31.2 Å². The molecule has 0 unspecified atom stereocenters. The Bertz CT molecular complexity index is 1390. The number of ether oxygens (including phenoxy) is 2. The number of aromatic nitrogens is 5. The molecular formula is C25H31N7O5S. The van der Waals surface area contributed by atoms with E-state index in [0.717, 1.165) is 0 Å². The van der Waals surface area contributed by atoms with Crippen LogP contribution in [0.15, 0.2) is 43.0 Å². The third-order valence-corrected chi connectivity index (χ3v) is 8.23. The molecule has 4 rings (SSSR count). The van der Waals surface area contributed by atoms with Gasteiger partial charge in [-0.25, -0.2) is 28.4 Å². The highest BCUT2D eigenvalue weighted by Gasteiger charge is 2.44. The Kier molecular flexibility index (Phi) is 7.88. The van der Waals surface area contributed by atoms with Crippen molar-refractivity contribution in [3.63, 3.8) is 0 Å². The molecule has 3 aromatic rings. The van der Waals surface area contributed by atoms with Gasteiger partial charge in [0.1, 0.15) is 5.82 Å². The van der Waals surface area contributed by atoms with Crippen LogP contribution in [0, 0.1) is 0 Å². The Morgan fingerprint density at radius 3 is 2.50 bits per heavy atom. The molecule has 1 aliphatic heterocycles. The van der Waals surface area contributed by atoms with Crippen LogP contribution in [0.4, 0.5) is 11.8 Å². The fourth-order valence-electron chi connectivity index (χ4n) is 3.83. The number of nitrogens with one attached hydrogen (secondary N) is 2. The van der Waals surface area contributed by atoms with Gasteiger partial charge in [0.05, 0.1) is 40.6 Å². The zero-order valence-corrected chi connectivity index (χ0v) is 22.6. The first kappa shape index (κ1) is 27.3. The van der Waals surface area contributed by atoms with Crippen molar-refractivity contribution in [2.75, 3.05) is 29.9 Å². The van der Waals surface area contributed by atoms with Crippen molar-refractivity contribution in [2.24, 2.45) is 0 Å². The van der Waals surface area contributed by atoms with E-state index in [0.29, 0.717) is 61.3 Å². The highest BCUT2D eigenvalue weighted by atomic mass is 32.2. The molecule has 1 aliphatic rings. The monoisotopic (exact) mass is 541 g/mol. The van der Waals surface area contributed by atoms with Crippen LogP contribution in [0.2, 0.25) is 0 Å². The van der Waals surface area contributed by atoms with Crippen LogP contribution in [-0.4, -0.2) is 63.8 Å². The topological polar surface area (TPSA) is 158 Å². The molecule has 202 valence electrons. The SMILES string of the molecule is CCOc1cncc(-c2ccc(NC(=O)C3(c4ccnc(NS(=O)(=O)C(C)(C)C)n4)CCOCC3)nc2)n1. The maximum atomic E-state index is 13.7. The standard InChI is InChI=1S/C25H31N7O5S/c1-5-37-21-16-26-15-18(29-21)17-6-7-20(28-14-17)31-22(33)25(9-12-36-13-10-25)19-8-11-27-23(30-19)32-38(34,35)24(2,3)4/h6-8,11,14-16H,5,9-10,12-13H2,1-4H3,(H,27,30,32)(H,28,31,33). The number of carbonyl (C=O) groups excluding carboxylic acids is 1. The fourth-order valence-corrected chi connectivity index (χ4v) is 4.47. The number of rotatable bonds is 8. The summed E-state index contributed by atoms with van der Waals surface area (Å²) in [6.45, 7) is 7.77. The zero-order chi connectivity index (χ0) is 27.4. The summed E-state index contributed by atoms with van der Waals surface area (Å²) in [6, 6.07) is 5.08. The van der Waals surface area contributed by atoms with Gasteiger partial charge in [0.15, 0.2) is 0 Å². The average molecular weight is 542 g/mol. The largest absolute Gasteiger partial charge is 0.477 e. The van der Waals surface area contributed by atoms with Crippen LogP contribution >= 0.6 is 0 Å². The van der Waals surface area contributed by atoms with E-state index < -0.39 is 20.2 Å². The minimum Gasteiger partial charge on any atom is -0.477 e.